The van der Waals surface area contributed by atoms with Crippen LogP contribution in [0.1, 0.15) is 21.5 Å². The van der Waals surface area contributed by atoms with Gasteiger partial charge in [0, 0.05) is 15.4 Å². The van der Waals surface area contributed by atoms with Gasteiger partial charge in [0.25, 0.3) is 0 Å². The van der Waals surface area contributed by atoms with Gasteiger partial charge in [-0.3, -0.25) is 0 Å². The lowest BCUT2D eigenvalue weighted by Crippen LogP contribution is -2.04. The molecule has 0 atom stereocenters. The van der Waals surface area contributed by atoms with E-state index in [1.54, 1.807) is 17.8 Å². The molecule has 0 radical (unpaired) electrons. The highest BCUT2D eigenvalue weighted by atomic mass is 32.2. The summed E-state index contributed by atoms with van der Waals surface area (Å²) in [6.45, 7) is 0. The van der Waals surface area contributed by atoms with E-state index in [1.807, 2.05) is 36.4 Å². The molecule has 0 aliphatic carbocycles. The largest absolute Gasteiger partial charge is 0.465 e. The molecule has 0 spiro atoms. The Labute approximate surface area is 116 Å². The molecule has 3 rings (SSSR count). The average molecular weight is 268 g/mol. The van der Waals surface area contributed by atoms with Gasteiger partial charge in [-0.15, -0.1) is 0 Å². The molecule has 2 aromatic rings. The lowest BCUT2D eigenvalue weighted by Gasteiger charge is -2.08. The summed E-state index contributed by atoms with van der Waals surface area (Å²) in [5, 5.41) is 0. The van der Waals surface area contributed by atoms with E-state index in [2.05, 4.69) is 12.1 Å². The van der Waals surface area contributed by atoms with Crippen LogP contribution >= 0.6 is 11.8 Å². The van der Waals surface area contributed by atoms with Crippen LogP contribution in [0.5, 0.6) is 0 Å². The fraction of sp³-hybridized carbons (Fsp3) is 0.0625. The van der Waals surface area contributed by atoms with Crippen molar-refractivity contribution in [3.05, 3.63) is 59.2 Å². The Kier molecular flexibility index (Phi) is 3.13. The number of fused-ring (bicyclic) bond motifs is 2. The number of hydrogen-bond acceptors (Lipinski definition) is 3. The Morgan fingerprint density at radius 1 is 1.00 bits per heavy atom. The molecule has 1 aliphatic rings. The maximum Gasteiger partial charge on any atom is 0.338 e. The molecule has 19 heavy (non-hydrogen) atoms. The lowest BCUT2D eigenvalue weighted by atomic mass is 10.1. The van der Waals surface area contributed by atoms with Crippen LogP contribution in [0.15, 0.2) is 52.3 Å². The number of rotatable bonds is 1. The molecule has 94 valence electrons. The van der Waals surface area contributed by atoms with Crippen LogP contribution in [-0.4, -0.2) is 13.1 Å². The van der Waals surface area contributed by atoms with Crippen LogP contribution < -0.4 is 0 Å². The highest BCUT2D eigenvalue weighted by molar-refractivity contribution is 7.99. The van der Waals surface area contributed by atoms with E-state index >= 15 is 0 Å². The topological polar surface area (TPSA) is 26.3 Å². The van der Waals surface area contributed by atoms with Crippen molar-refractivity contribution < 1.29 is 9.53 Å². The summed E-state index contributed by atoms with van der Waals surface area (Å²) in [5.41, 5.74) is 2.70. The molecule has 0 saturated carbocycles. The van der Waals surface area contributed by atoms with Crippen molar-refractivity contribution in [3.8, 4) is 0 Å². The van der Waals surface area contributed by atoms with Crippen LogP contribution in [-0.2, 0) is 4.74 Å². The summed E-state index contributed by atoms with van der Waals surface area (Å²) in [5.74, 6) is -0.298. The highest BCUT2D eigenvalue weighted by Crippen LogP contribution is 2.38. The molecule has 2 aromatic carbocycles. The van der Waals surface area contributed by atoms with E-state index in [4.69, 9.17) is 4.74 Å². The molecule has 1 heterocycles. The van der Waals surface area contributed by atoms with Crippen molar-refractivity contribution in [2.45, 2.75) is 9.79 Å². The van der Waals surface area contributed by atoms with Crippen molar-refractivity contribution >= 4 is 29.9 Å². The molecule has 0 aromatic heterocycles. The zero-order valence-corrected chi connectivity index (χ0v) is 11.2. The predicted molar refractivity (Wildman–Crippen MR) is 77.3 cm³/mol. The SMILES string of the molecule is COC(=O)c1cccc2c1C=Cc1ccccc1S2. The van der Waals surface area contributed by atoms with Gasteiger partial charge < -0.3 is 4.74 Å². The Hall–Kier alpha value is -2.00. The van der Waals surface area contributed by atoms with E-state index in [-0.39, 0.29) is 5.97 Å². The van der Waals surface area contributed by atoms with Gasteiger partial charge in [-0.25, -0.2) is 4.79 Å². The van der Waals surface area contributed by atoms with E-state index in [0.717, 1.165) is 10.5 Å². The van der Waals surface area contributed by atoms with Gasteiger partial charge in [0.2, 0.25) is 0 Å². The third-order valence-electron chi connectivity index (χ3n) is 3.04. The van der Waals surface area contributed by atoms with E-state index < -0.39 is 0 Å². The second-order valence-electron chi connectivity index (χ2n) is 4.18. The van der Waals surface area contributed by atoms with Gasteiger partial charge in [-0.1, -0.05) is 48.2 Å². The molecule has 0 bridgehead atoms. The second kappa shape index (κ2) is 4.94. The normalized spacial score (nSPS) is 12.3. The first kappa shape index (κ1) is 12.1. The molecule has 1 aliphatic heterocycles. The molecular formula is C16H12O2S. The van der Waals surface area contributed by atoms with Gasteiger partial charge in [0.1, 0.15) is 0 Å². The first-order valence-corrected chi connectivity index (χ1v) is 6.77. The summed E-state index contributed by atoms with van der Waals surface area (Å²) in [4.78, 5) is 14.1. The number of carbonyl (C=O) groups excluding carboxylic acids is 1. The number of carbonyl (C=O) groups is 1. The van der Waals surface area contributed by atoms with E-state index in [9.17, 15) is 4.79 Å². The third kappa shape index (κ3) is 2.17. The van der Waals surface area contributed by atoms with Gasteiger partial charge in [0.05, 0.1) is 12.7 Å². The molecule has 0 N–H and O–H groups in total. The van der Waals surface area contributed by atoms with Gasteiger partial charge in [-0.05, 0) is 23.8 Å². The van der Waals surface area contributed by atoms with Crippen LogP contribution in [0.4, 0.5) is 0 Å². The van der Waals surface area contributed by atoms with Crippen molar-refractivity contribution in [1.82, 2.24) is 0 Å². The molecule has 0 unspecified atom stereocenters. The molecular weight excluding hydrogens is 256 g/mol. The van der Waals surface area contributed by atoms with Crippen LogP contribution in [0.2, 0.25) is 0 Å². The molecule has 0 fully saturated rings. The first-order valence-electron chi connectivity index (χ1n) is 5.96. The minimum absolute atomic E-state index is 0.298. The summed E-state index contributed by atoms with van der Waals surface area (Å²) in [6.07, 6.45) is 4.03. The number of ether oxygens (including phenoxy) is 1. The van der Waals surface area contributed by atoms with Crippen LogP contribution in [0.25, 0.3) is 12.2 Å². The van der Waals surface area contributed by atoms with Crippen molar-refractivity contribution in [2.75, 3.05) is 7.11 Å². The summed E-state index contributed by atoms with van der Waals surface area (Å²) in [6, 6.07) is 13.9. The fourth-order valence-corrected chi connectivity index (χ4v) is 3.17. The van der Waals surface area contributed by atoms with Crippen molar-refractivity contribution in [1.29, 1.82) is 0 Å². The number of hydrogen-bond donors (Lipinski definition) is 0. The Morgan fingerprint density at radius 2 is 1.79 bits per heavy atom. The number of benzene rings is 2. The van der Waals surface area contributed by atoms with Gasteiger partial charge in [-0.2, -0.15) is 0 Å². The standard InChI is InChI=1S/C16H12O2S/c1-18-16(17)13-6-4-8-15-12(13)10-9-11-5-2-3-7-14(11)19-15/h2-10H,1H3. The highest BCUT2D eigenvalue weighted by Gasteiger charge is 2.16. The van der Waals surface area contributed by atoms with E-state index in [1.165, 1.54) is 17.6 Å². The summed E-state index contributed by atoms with van der Waals surface area (Å²) >= 11 is 1.68. The predicted octanol–water partition coefficient (Wildman–Crippen LogP) is 4.11. The molecule has 0 saturated heterocycles. The summed E-state index contributed by atoms with van der Waals surface area (Å²) in [7, 11) is 1.41. The first-order chi connectivity index (χ1) is 9.29. The average Bonchev–Trinajstić information content (AvgIpc) is 2.65. The van der Waals surface area contributed by atoms with E-state index in [0.29, 0.717) is 5.56 Å². The smallest absolute Gasteiger partial charge is 0.338 e. The second-order valence-corrected chi connectivity index (χ2v) is 5.27. The molecule has 0 amide bonds. The maximum atomic E-state index is 11.8. The zero-order valence-electron chi connectivity index (χ0n) is 10.4. The van der Waals surface area contributed by atoms with Crippen molar-refractivity contribution in [3.63, 3.8) is 0 Å². The molecule has 2 nitrogen and oxygen atoms in total. The molecule has 3 heteroatoms. The van der Waals surface area contributed by atoms with Gasteiger partial charge in [0.15, 0.2) is 0 Å². The minimum Gasteiger partial charge on any atom is -0.465 e. The van der Waals surface area contributed by atoms with Crippen LogP contribution in [0.3, 0.4) is 0 Å². The fourth-order valence-electron chi connectivity index (χ4n) is 2.10. The number of esters is 1. The quantitative estimate of drug-likeness (QED) is 0.621. The van der Waals surface area contributed by atoms with Crippen molar-refractivity contribution in [2.24, 2.45) is 0 Å². The Morgan fingerprint density at radius 3 is 2.63 bits per heavy atom. The maximum absolute atomic E-state index is 11.8. The lowest BCUT2D eigenvalue weighted by molar-refractivity contribution is 0.0600. The Bertz CT molecular complexity index is 674. The zero-order chi connectivity index (χ0) is 13.2. The third-order valence-corrected chi connectivity index (χ3v) is 4.21. The Balaban J connectivity index is 2.16. The monoisotopic (exact) mass is 268 g/mol. The minimum atomic E-state index is -0.298. The summed E-state index contributed by atoms with van der Waals surface area (Å²) < 4.78 is 4.84. The number of methoxy groups -OCH3 is 1. The van der Waals surface area contributed by atoms with Crippen LogP contribution in [0, 0.1) is 0 Å². The van der Waals surface area contributed by atoms with Gasteiger partial charge >= 0.3 is 5.97 Å².